The molecule has 0 aromatic rings. The van der Waals surface area contributed by atoms with E-state index in [0.717, 1.165) is 4.90 Å². The predicted octanol–water partition coefficient (Wildman–Crippen LogP) is -7.29. The van der Waals surface area contributed by atoms with Crippen molar-refractivity contribution in [3.05, 3.63) is 0 Å². The minimum Gasteiger partial charge on any atom is -1.00 e. The van der Waals surface area contributed by atoms with Gasteiger partial charge in [-0.05, 0) is 0 Å². The fourth-order valence-corrected chi connectivity index (χ4v) is 0.288. The summed E-state index contributed by atoms with van der Waals surface area (Å²) in [4.78, 5) is 11.0. The molecule has 0 aromatic carbocycles. The number of hydrogen-bond donors (Lipinski definition) is 3. The standard InChI is InChI=1S/C4H9N3O2.Na.4H2O.H/c1-7(4(5)6)2-3(8)9;;;;;;/h2H2,1H3,(H3,5,6)(H,8,9);;4*1H2;/q;+1;;;;;-1. The largest absolute Gasteiger partial charge is 1.00 e. The van der Waals surface area contributed by atoms with Gasteiger partial charge in [-0.15, -0.1) is 0 Å². The van der Waals surface area contributed by atoms with Crippen LogP contribution in [0.25, 0.3) is 0 Å². The van der Waals surface area contributed by atoms with Crippen LogP contribution in [0.4, 0.5) is 0 Å². The zero-order chi connectivity index (χ0) is 7.44. The Morgan fingerprint density at radius 3 is 1.79 bits per heavy atom. The molecule has 0 aliphatic heterocycles. The van der Waals surface area contributed by atoms with E-state index < -0.39 is 5.97 Å². The summed E-state index contributed by atoms with van der Waals surface area (Å²) in [5, 5.41) is 14.9. The summed E-state index contributed by atoms with van der Waals surface area (Å²) in [6.07, 6.45) is 0. The van der Waals surface area contributed by atoms with Gasteiger partial charge in [0.15, 0.2) is 5.96 Å². The zero-order valence-electron chi connectivity index (χ0n) is 9.09. The maximum absolute atomic E-state index is 9.92. The van der Waals surface area contributed by atoms with Crippen LogP contribution in [0.1, 0.15) is 1.43 Å². The average molecular weight is 227 g/mol. The third kappa shape index (κ3) is 22.6. The first-order valence-corrected chi connectivity index (χ1v) is 2.31. The van der Waals surface area contributed by atoms with Gasteiger partial charge in [0.2, 0.25) is 0 Å². The van der Waals surface area contributed by atoms with Gasteiger partial charge >= 0.3 is 35.5 Å². The van der Waals surface area contributed by atoms with Crippen molar-refractivity contribution in [3.63, 3.8) is 0 Å². The monoisotopic (exact) mass is 227 g/mol. The molecule has 0 bridgehead atoms. The molecule has 0 saturated carbocycles. The molecule has 0 aromatic heterocycles. The van der Waals surface area contributed by atoms with Crippen LogP contribution in [-0.4, -0.2) is 57.4 Å². The number of likely N-dealkylation sites (N-methyl/N-ethyl adjacent to an activating group) is 1. The molecule has 0 fully saturated rings. The molecular formula is C4H18N3NaO6. The Labute approximate surface area is 104 Å². The number of nitrogens with two attached hydrogens (primary N) is 1. The van der Waals surface area contributed by atoms with Gasteiger partial charge in [0.1, 0.15) is 6.54 Å². The molecule has 0 aliphatic rings. The first-order valence-electron chi connectivity index (χ1n) is 2.31. The van der Waals surface area contributed by atoms with Gasteiger partial charge < -0.3 is 39.1 Å². The second-order valence-electron chi connectivity index (χ2n) is 1.64. The molecule has 0 aliphatic carbocycles. The normalized spacial score (nSPS) is 5.50. The number of nitrogens with one attached hydrogen (secondary N) is 1. The van der Waals surface area contributed by atoms with Gasteiger partial charge in [-0.25, -0.2) is 0 Å². The van der Waals surface area contributed by atoms with Gasteiger partial charge in [-0.1, -0.05) is 0 Å². The van der Waals surface area contributed by atoms with Crippen molar-refractivity contribution in [1.29, 1.82) is 5.41 Å². The first-order chi connectivity index (χ1) is 4.04. The Bertz CT molecular complexity index is 150. The quantitative estimate of drug-likeness (QED) is 0.237. The average Bonchev–Trinajstić information content (AvgIpc) is 1.63. The molecule has 0 heterocycles. The summed E-state index contributed by atoms with van der Waals surface area (Å²) in [5.74, 6) is -1.23. The van der Waals surface area contributed by atoms with Gasteiger partial charge in [-0.3, -0.25) is 10.2 Å². The fraction of sp³-hybridized carbons (Fsp3) is 0.500. The molecule has 86 valence electrons. The summed E-state index contributed by atoms with van der Waals surface area (Å²) >= 11 is 0. The van der Waals surface area contributed by atoms with Crippen molar-refractivity contribution in [2.24, 2.45) is 5.73 Å². The van der Waals surface area contributed by atoms with Gasteiger partial charge in [0.25, 0.3) is 0 Å². The summed E-state index contributed by atoms with van der Waals surface area (Å²) in [7, 11) is 1.44. The number of carboxylic acid groups (broad SMARTS) is 1. The van der Waals surface area contributed by atoms with E-state index in [9.17, 15) is 4.79 Å². The molecule has 0 unspecified atom stereocenters. The maximum Gasteiger partial charge on any atom is 1.00 e. The van der Waals surface area contributed by atoms with E-state index >= 15 is 0 Å². The Balaban J connectivity index is -0.0000000213. The summed E-state index contributed by atoms with van der Waals surface area (Å²) in [5.41, 5.74) is 4.93. The number of nitrogens with zero attached hydrogens (tertiary/aromatic N) is 1. The number of carbonyl (C=O) groups is 1. The van der Waals surface area contributed by atoms with E-state index in [4.69, 9.17) is 16.2 Å². The van der Waals surface area contributed by atoms with Gasteiger partial charge in [0.05, 0.1) is 0 Å². The second kappa shape index (κ2) is 18.4. The summed E-state index contributed by atoms with van der Waals surface area (Å²) in [6.45, 7) is -0.227. The fourth-order valence-electron chi connectivity index (χ4n) is 0.288. The van der Waals surface area contributed by atoms with Crippen molar-refractivity contribution in [2.75, 3.05) is 13.6 Å². The molecule has 0 radical (unpaired) electrons. The van der Waals surface area contributed by atoms with E-state index in [0.29, 0.717) is 0 Å². The molecule has 12 N–H and O–H groups in total. The summed E-state index contributed by atoms with van der Waals surface area (Å²) in [6, 6.07) is 0. The number of guanidine groups is 1. The number of carboxylic acids is 1. The number of aliphatic carboxylic acids is 1. The van der Waals surface area contributed by atoms with Crippen LogP contribution in [-0.2, 0) is 4.79 Å². The van der Waals surface area contributed by atoms with E-state index in [2.05, 4.69) is 0 Å². The van der Waals surface area contributed by atoms with Crippen molar-refractivity contribution in [1.82, 2.24) is 4.90 Å². The third-order valence-corrected chi connectivity index (χ3v) is 0.784. The van der Waals surface area contributed by atoms with Crippen molar-refractivity contribution >= 4 is 11.9 Å². The van der Waals surface area contributed by atoms with E-state index in [1.807, 2.05) is 0 Å². The molecule has 0 rings (SSSR count). The Morgan fingerprint density at radius 1 is 1.43 bits per heavy atom. The topological polar surface area (TPSA) is 216 Å². The van der Waals surface area contributed by atoms with E-state index in [1.54, 1.807) is 0 Å². The van der Waals surface area contributed by atoms with Crippen LogP contribution in [0.3, 0.4) is 0 Å². The minimum atomic E-state index is -0.993. The summed E-state index contributed by atoms with van der Waals surface area (Å²) < 4.78 is 0. The Morgan fingerprint density at radius 2 is 1.71 bits per heavy atom. The number of rotatable bonds is 2. The van der Waals surface area contributed by atoms with E-state index in [-0.39, 0.29) is 65.4 Å². The smallest absolute Gasteiger partial charge is 1.00 e. The van der Waals surface area contributed by atoms with Crippen molar-refractivity contribution in [2.45, 2.75) is 0 Å². The maximum atomic E-state index is 9.92. The molecule has 0 atom stereocenters. The molecule has 0 saturated heterocycles. The van der Waals surface area contributed by atoms with Crippen molar-refractivity contribution in [3.8, 4) is 0 Å². The minimum absolute atomic E-state index is 0. The molecule has 10 heteroatoms. The second-order valence-corrected chi connectivity index (χ2v) is 1.64. The molecule has 14 heavy (non-hydrogen) atoms. The Kier molecular flexibility index (Phi) is 49.1. The molecule has 9 nitrogen and oxygen atoms in total. The molecule has 0 spiro atoms. The molecule has 0 amide bonds. The van der Waals surface area contributed by atoms with Gasteiger partial charge in [0, 0.05) is 7.05 Å². The zero-order valence-corrected chi connectivity index (χ0v) is 10.1. The van der Waals surface area contributed by atoms with Crippen LogP contribution >= 0.6 is 0 Å². The van der Waals surface area contributed by atoms with Crippen molar-refractivity contribution < 1.29 is 62.8 Å². The predicted molar refractivity (Wildman–Crippen MR) is 47.7 cm³/mol. The van der Waals surface area contributed by atoms with Crippen LogP contribution in [0.5, 0.6) is 0 Å². The Hall–Kier alpha value is -0.420. The van der Waals surface area contributed by atoms with Crippen LogP contribution in [0, 0.1) is 5.41 Å². The van der Waals surface area contributed by atoms with Gasteiger partial charge in [-0.2, -0.15) is 0 Å². The van der Waals surface area contributed by atoms with Crippen LogP contribution in [0.15, 0.2) is 0 Å². The first kappa shape index (κ1) is 37.4. The SMILES string of the molecule is CN(CC(=O)O)C(=N)N.O.O.O.O.[H-].[Na+]. The van der Waals surface area contributed by atoms with E-state index in [1.165, 1.54) is 7.05 Å². The van der Waals surface area contributed by atoms with Crippen LogP contribution in [0.2, 0.25) is 0 Å². The van der Waals surface area contributed by atoms with Crippen LogP contribution < -0.4 is 35.3 Å². The third-order valence-electron chi connectivity index (χ3n) is 0.784. The number of hydrogen-bond acceptors (Lipinski definition) is 2. The molecular weight excluding hydrogens is 209 g/mol.